The van der Waals surface area contributed by atoms with E-state index in [0.29, 0.717) is 42.0 Å². The molecule has 0 bridgehead atoms. The highest BCUT2D eigenvalue weighted by Gasteiger charge is 2.13. The molecule has 170 valence electrons. The van der Waals surface area contributed by atoms with Crippen molar-refractivity contribution in [2.75, 3.05) is 25.1 Å². The predicted octanol–water partition coefficient (Wildman–Crippen LogP) is 1.70. The molecule has 0 spiro atoms. The molecule has 0 fully saturated rings. The number of ether oxygens (including phenoxy) is 2. The number of carbonyl (C=O) groups is 4. The SMILES string of the molecule is O=C(CNCc1ccc(Cl)cc1)NC(=O)Nc1ccc2c(c1)OCCO2.O=C(O)C(=O)O. The highest BCUT2D eigenvalue weighted by Crippen LogP contribution is 2.32. The Morgan fingerprint density at radius 3 is 2.16 bits per heavy atom. The van der Waals surface area contributed by atoms with Crippen LogP contribution in [-0.2, 0) is 20.9 Å². The molecule has 2 aromatic rings. The maximum atomic E-state index is 11.9. The molecule has 32 heavy (non-hydrogen) atoms. The first-order valence-electron chi connectivity index (χ1n) is 9.16. The van der Waals surface area contributed by atoms with E-state index >= 15 is 0 Å². The predicted molar refractivity (Wildman–Crippen MR) is 113 cm³/mol. The van der Waals surface area contributed by atoms with Gasteiger partial charge in [0.1, 0.15) is 13.2 Å². The number of amides is 3. The molecule has 1 aliphatic heterocycles. The summed E-state index contributed by atoms with van der Waals surface area (Å²) in [5, 5.41) is 23.2. The quantitative estimate of drug-likeness (QED) is 0.413. The van der Waals surface area contributed by atoms with E-state index in [1.54, 1.807) is 30.3 Å². The van der Waals surface area contributed by atoms with Gasteiger partial charge in [0.25, 0.3) is 0 Å². The number of urea groups is 1. The summed E-state index contributed by atoms with van der Waals surface area (Å²) in [5.74, 6) is -2.89. The van der Waals surface area contributed by atoms with Crippen molar-refractivity contribution >= 4 is 41.2 Å². The Labute approximate surface area is 187 Å². The van der Waals surface area contributed by atoms with Crippen LogP contribution in [0.1, 0.15) is 5.56 Å². The maximum absolute atomic E-state index is 11.9. The van der Waals surface area contributed by atoms with Crippen LogP contribution in [0.3, 0.4) is 0 Å². The largest absolute Gasteiger partial charge is 0.486 e. The van der Waals surface area contributed by atoms with Crippen LogP contribution in [0, 0.1) is 0 Å². The second-order valence-corrected chi connectivity index (χ2v) is 6.64. The molecule has 0 atom stereocenters. The fraction of sp³-hybridized carbons (Fsp3) is 0.200. The minimum Gasteiger partial charge on any atom is -0.486 e. The third-order valence-corrected chi connectivity index (χ3v) is 4.02. The van der Waals surface area contributed by atoms with E-state index in [9.17, 15) is 9.59 Å². The number of aliphatic carboxylic acids is 2. The fourth-order valence-electron chi connectivity index (χ4n) is 2.38. The van der Waals surface area contributed by atoms with E-state index in [-0.39, 0.29) is 6.54 Å². The lowest BCUT2D eigenvalue weighted by atomic mass is 10.2. The zero-order valence-electron chi connectivity index (χ0n) is 16.6. The lowest BCUT2D eigenvalue weighted by molar-refractivity contribution is -0.159. The Kier molecular flexibility index (Phi) is 9.26. The number of hydrogen-bond donors (Lipinski definition) is 5. The topological polar surface area (TPSA) is 163 Å². The van der Waals surface area contributed by atoms with Crippen molar-refractivity contribution in [3.8, 4) is 11.5 Å². The van der Waals surface area contributed by atoms with Crippen molar-refractivity contribution < 1.29 is 38.9 Å². The lowest BCUT2D eigenvalue weighted by Gasteiger charge is -2.19. The number of anilines is 1. The van der Waals surface area contributed by atoms with Crippen molar-refractivity contribution in [3.63, 3.8) is 0 Å². The molecule has 11 nitrogen and oxygen atoms in total. The molecule has 1 heterocycles. The van der Waals surface area contributed by atoms with Crippen LogP contribution in [0.4, 0.5) is 10.5 Å². The van der Waals surface area contributed by atoms with E-state index in [2.05, 4.69) is 16.0 Å². The van der Waals surface area contributed by atoms with Crippen LogP contribution in [0.15, 0.2) is 42.5 Å². The molecule has 0 saturated carbocycles. The van der Waals surface area contributed by atoms with Gasteiger partial charge in [-0.15, -0.1) is 0 Å². The van der Waals surface area contributed by atoms with Crippen LogP contribution >= 0.6 is 11.6 Å². The highest BCUT2D eigenvalue weighted by atomic mass is 35.5. The Bertz CT molecular complexity index is 969. The summed E-state index contributed by atoms with van der Waals surface area (Å²) in [6, 6.07) is 11.7. The number of benzene rings is 2. The van der Waals surface area contributed by atoms with Crippen LogP contribution < -0.4 is 25.4 Å². The molecule has 0 saturated heterocycles. The smallest absolute Gasteiger partial charge is 0.414 e. The van der Waals surface area contributed by atoms with Gasteiger partial charge >= 0.3 is 18.0 Å². The van der Waals surface area contributed by atoms with E-state index in [0.717, 1.165) is 5.56 Å². The lowest BCUT2D eigenvalue weighted by Crippen LogP contribution is -2.39. The average Bonchev–Trinajstić information content (AvgIpc) is 2.75. The second-order valence-electron chi connectivity index (χ2n) is 6.20. The molecule has 0 aliphatic carbocycles. The van der Waals surface area contributed by atoms with Gasteiger partial charge in [0.2, 0.25) is 5.91 Å². The first-order chi connectivity index (χ1) is 15.2. The number of carbonyl (C=O) groups excluding carboxylic acids is 2. The van der Waals surface area contributed by atoms with E-state index < -0.39 is 23.9 Å². The number of rotatable bonds is 5. The van der Waals surface area contributed by atoms with E-state index in [4.69, 9.17) is 40.9 Å². The number of hydrogen-bond acceptors (Lipinski definition) is 7. The molecule has 1 aliphatic rings. The maximum Gasteiger partial charge on any atom is 0.414 e. The Morgan fingerprint density at radius 2 is 1.53 bits per heavy atom. The number of imide groups is 1. The monoisotopic (exact) mass is 465 g/mol. The zero-order valence-corrected chi connectivity index (χ0v) is 17.3. The van der Waals surface area contributed by atoms with Crippen LogP contribution in [0.2, 0.25) is 5.02 Å². The highest BCUT2D eigenvalue weighted by molar-refractivity contribution is 6.30. The molecule has 12 heteroatoms. The summed E-state index contributed by atoms with van der Waals surface area (Å²) >= 11 is 5.82. The normalized spacial score (nSPS) is 11.4. The van der Waals surface area contributed by atoms with Gasteiger partial charge in [0.15, 0.2) is 11.5 Å². The van der Waals surface area contributed by atoms with E-state index in [1.807, 2.05) is 12.1 Å². The van der Waals surface area contributed by atoms with E-state index in [1.165, 1.54) is 0 Å². The molecular formula is C20H20ClN3O8. The number of carboxylic acids is 2. The molecule has 0 aromatic heterocycles. The van der Waals surface area contributed by atoms with Gasteiger partial charge in [-0.1, -0.05) is 23.7 Å². The summed E-state index contributed by atoms with van der Waals surface area (Å²) in [6.07, 6.45) is 0. The summed E-state index contributed by atoms with van der Waals surface area (Å²) in [4.78, 5) is 41.9. The number of nitrogens with one attached hydrogen (secondary N) is 3. The molecule has 0 unspecified atom stereocenters. The van der Waals surface area contributed by atoms with Gasteiger partial charge in [-0.25, -0.2) is 14.4 Å². The minimum atomic E-state index is -1.82. The minimum absolute atomic E-state index is 0.0111. The summed E-state index contributed by atoms with van der Waals surface area (Å²) in [7, 11) is 0. The van der Waals surface area contributed by atoms with Crippen molar-refractivity contribution in [1.29, 1.82) is 0 Å². The molecule has 3 rings (SSSR count). The Balaban J connectivity index is 0.000000534. The molecule has 3 amide bonds. The number of halogens is 1. The molecule has 5 N–H and O–H groups in total. The fourth-order valence-corrected chi connectivity index (χ4v) is 2.50. The van der Waals surface area contributed by atoms with Gasteiger partial charge < -0.3 is 30.3 Å². The van der Waals surface area contributed by atoms with Gasteiger partial charge in [-0.3, -0.25) is 10.1 Å². The van der Waals surface area contributed by atoms with Crippen molar-refractivity contribution in [2.45, 2.75) is 6.54 Å². The van der Waals surface area contributed by atoms with Crippen LogP contribution in [-0.4, -0.2) is 53.8 Å². The van der Waals surface area contributed by atoms with Crippen molar-refractivity contribution in [3.05, 3.63) is 53.1 Å². The standard InChI is InChI=1S/C18H18ClN3O4.C2H2O4/c19-13-3-1-12(2-4-13)10-20-11-17(23)22-18(24)21-14-5-6-15-16(9-14)26-8-7-25-15;3-1(4)2(5)6/h1-6,9,20H,7-8,10-11H2,(H2,21,22,23,24);(H,3,4)(H,5,6). The van der Waals surface area contributed by atoms with Gasteiger partial charge in [-0.05, 0) is 29.8 Å². The van der Waals surface area contributed by atoms with Gasteiger partial charge in [0, 0.05) is 23.3 Å². The zero-order chi connectivity index (χ0) is 23.5. The van der Waals surface area contributed by atoms with Crippen molar-refractivity contribution in [1.82, 2.24) is 10.6 Å². The molecule has 0 radical (unpaired) electrons. The average molecular weight is 466 g/mol. The van der Waals surface area contributed by atoms with Gasteiger partial charge in [0.05, 0.1) is 6.54 Å². The van der Waals surface area contributed by atoms with Gasteiger partial charge in [-0.2, -0.15) is 0 Å². The Morgan fingerprint density at radius 1 is 0.906 bits per heavy atom. The first-order valence-corrected chi connectivity index (χ1v) is 9.54. The molecular weight excluding hydrogens is 446 g/mol. The third kappa shape index (κ3) is 8.50. The second kappa shape index (κ2) is 12.1. The number of carboxylic acid groups (broad SMARTS) is 2. The van der Waals surface area contributed by atoms with Crippen LogP contribution in [0.25, 0.3) is 0 Å². The third-order valence-electron chi connectivity index (χ3n) is 3.76. The Hall–Kier alpha value is -3.83. The summed E-state index contributed by atoms with van der Waals surface area (Å²) < 4.78 is 10.9. The first kappa shape index (κ1) is 24.4. The van der Waals surface area contributed by atoms with Crippen LogP contribution in [0.5, 0.6) is 11.5 Å². The molecule has 2 aromatic carbocycles. The number of fused-ring (bicyclic) bond motifs is 1. The summed E-state index contributed by atoms with van der Waals surface area (Å²) in [5.41, 5.74) is 1.50. The van der Waals surface area contributed by atoms with Crippen molar-refractivity contribution in [2.24, 2.45) is 0 Å². The summed E-state index contributed by atoms with van der Waals surface area (Å²) in [6.45, 7) is 1.46.